The van der Waals surface area contributed by atoms with Crippen molar-refractivity contribution in [2.75, 3.05) is 20.1 Å². The van der Waals surface area contributed by atoms with Crippen molar-refractivity contribution >= 4 is 11.6 Å². The number of nitrogens with zero attached hydrogens (tertiary/aromatic N) is 3. The minimum Gasteiger partial charge on any atom is -0.329 e. The molecule has 0 atom stereocenters. The van der Waals surface area contributed by atoms with Crippen molar-refractivity contribution < 1.29 is 0 Å². The Morgan fingerprint density at radius 2 is 2.21 bits per heavy atom. The van der Waals surface area contributed by atoms with Crippen LogP contribution in [0.4, 0.5) is 0 Å². The molecule has 4 nitrogen and oxygen atoms in total. The lowest BCUT2D eigenvalue weighted by molar-refractivity contribution is 0.326. The van der Waals surface area contributed by atoms with E-state index in [4.69, 9.17) is 17.3 Å². The van der Waals surface area contributed by atoms with Crippen molar-refractivity contribution in [1.82, 2.24) is 14.7 Å². The molecule has 1 aromatic heterocycles. The summed E-state index contributed by atoms with van der Waals surface area (Å²) in [5, 5.41) is 5.01. The predicted molar refractivity (Wildman–Crippen MR) is 58.3 cm³/mol. The maximum Gasteiger partial charge on any atom is 0.0860 e. The van der Waals surface area contributed by atoms with Gasteiger partial charge in [0, 0.05) is 26.7 Å². The van der Waals surface area contributed by atoms with Gasteiger partial charge >= 0.3 is 0 Å². The first-order chi connectivity index (χ1) is 6.56. The van der Waals surface area contributed by atoms with E-state index in [9.17, 15) is 0 Å². The third kappa shape index (κ3) is 2.47. The van der Waals surface area contributed by atoms with E-state index in [1.54, 1.807) is 0 Å². The number of aryl methyl sites for hydroxylation is 2. The number of hydrogen-bond donors (Lipinski definition) is 1. The molecular weight excluding hydrogens is 200 g/mol. The summed E-state index contributed by atoms with van der Waals surface area (Å²) >= 11 is 6.12. The highest BCUT2D eigenvalue weighted by molar-refractivity contribution is 6.31. The van der Waals surface area contributed by atoms with Crippen LogP contribution in [-0.4, -0.2) is 34.8 Å². The van der Waals surface area contributed by atoms with Gasteiger partial charge in [-0.15, -0.1) is 0 Å². The molecule has 2 N–H and O–H groups in total. The van der Waals surface area contributed by atoms with Gasteiger partial charge in [0.25, 0.3) is 0 Å². The lowest BCUT2D eigenvalue weighted by Gasteiger charge is -2.15. The van der Waals surface area contributed by atoms with Gasteiger partial charge < -0.3 is 5.73 Å². The molecule has 0 amide bonds. The summed E-state index contributed by atoms with van der Waals surface area (Å²) in [6.45, 7) is 4.22. The van der Waals surface area contributed by atoms with E-state index in [0.717, 1.165) is 29.5 Å². The average molecular weight is 217 g/mol. The molecule has 0 fully saturated rings. The van der Waals surface area contributed by atoms with Crippen molar-refractivity contribution in [3.63, 3.8) is 0 Å². The lowest BCUT2D eigenvalue weighted by Crippen LogP contribution is -2.26. The van der Waals surface area contributed by atoms with Crippen LogP contribution in [0.15, 0.2) is 0 Å². The molecule has 1 rings (SSSR count). The molecule has 0 bridgehead atoms. The van der Waals surface area contributed by atoms with Gasteiger partial charge in [-0.2, -0.15) is 5.10 Å². The molecule has 0 aliphatic carbocycles. The van der Waals surface area contributed by atoms with Gasteiger partial charge in [0.05, 0.1) is 16.4 Å². The minimum absolute atomic E-state index is 0.658. The Kier molecular flexibility index (Phi) is 3.92. The van der Waals surface area contributed by atoms with Gasteiger partial charge in [-0.3, -0.25) is 9.58 Å². The summed E-state index contributed by atoms with van der Waals surface area (Å²) in [7, 11) is 3.93. The SMILES string of the molecule is Cc1nn(C)c(CN(C)CCN)c1Cl. The predicted octanol–water partition coefficient (Wildman–Crippen LogP) is 0.772. The van der Waals surface area contributed by atoms with Gasteiger partial charge in [-0.1, -0.05) is 11.6 Å². The second-order valence-corrected chi connectivity index (χ2v) is 3.87. The summed E-state index contributed by atoms with van der Waals surface area (Å²) in [5.74, 6) is 0. The lowest BCUT2D eigenvalue weighted by atomic mass is 10.3. The fraction of sp³-hybridized carbons (Fsp3) is 0.667. The Labute approximate surface area is 89.6 Å². The van der Waals surface area contributed by atoms with Crippen LogP contribution in [0.25, 0.3) is 0 Å². The molecule has 14 heavy (non-hydrogen) atoms. The molecule has 0 aliphatic rings. The Balaban J connectivity index is 2.75. The van der Waals surface area contributed by atoms with E-state index in [-0.39, 0.29) is 0 Å². The molecule has 0 saturated carbocycles. The van der Waals surface area contributed by atoms with Crippen molar-refractivity contribution in [1.29, 1.82) is 0 Å². The number of nitrogens with two attached hydrogens (primary N) is 1. The van der Waals surface area contributed by atoms with E-state index in [2.05, 4.69) is 10.00 Å². The van der Waals surface area contributed by atoms with Crippen molar-refractivity contribution in [3.05, 3.63) is 16.4 Å². The van der Waals surface area contributed by atoms with Gasteiger partial charge in [0.1, 0.15) is 0 Å². The standard InChI is InChI=1S/C9H17ClN4/c1-7-9(10)8(14(3)12-7)6-13(2)5-4-11/h4-6,11H2,1-3H3. The second kappa shape index (κ2) is 4.77. The first-order valence-electron chi connectivity index (χ1n) is 4.62. The molecule has 0 aliphatic heterocycles. The van der Waals surface area contributed by atoms with Crippen LogP contribution in [0, 0.1) is 6.92 Å². The van der Waals surface area contributed by atoms with Crippen LogP contribution in [-0.2, 0) is 13.6 Å². The summed E-state index contributed by atoms with van der Waals surface area (Å²) in [5.41, 5.74) is 7.39. The van der Waals surface area contributed by atoms with Gasteiger partial charge in [0.15, 0.2) is 0 Å². The molecule has 0 aromatic carbocycles. The van der Waals surface area contributed by atoms with Gasteiger partial charge in [-0.05, 0) is 14.0 Å². The third-order valence-corrected chi connectivity index (χ3v) is 2.68. The molecule has 5 heteroatoms. The average Bonchev–Trinajstić information content (AvgIpc) is 2.33. The van der Waals surface area contributed by atoms with Crippen LogP contribution < -0.4 is 5.73 Å². The number of rotatable bonds is 4. The number of hydrogen-bond acceptors (Lipinski definition) is 3. The quantitative estimate of drug-likeness (QED) is 0.809. The zero-order chi connectivity index (χ0) is 10.7. The fourth-order valence-corrected chi connectivity index (χ4v) is 1.63. The molecule has 80 valence electrons. The zero-order valence-electron chi connectivity index (χ0n) is 8.92. The van der Waals surface area contributed by atoms with E-state index in [1.807, 2.05) is 25.7 Å². The van der Waals surface area contributed by atoms with E-state index in [1.165, 1.54) is 0 Å². The minimum atomic E-state index is 0.658. The van der Waals surface area contributed by atoms with Crippen molar-refractivity contribution in [2.45, 2.75) is 13.5 Å². The summed E-state index contributed by atoms with van der Waals surface area (Å²) in [4.78, 5) is 2.13. The number of halogens is 1. The number of aromatic nitrogens is 2. The monoisotopic (exact) mass is 216 g/mol. The van der Waals surface area contributed by atoms with Crippen LogP contribution >= 0.6 is 11.6 Å². The van der Waals surface area contributed by atoms with Crippen LogP contribution in [0.5, 0.6) is 0 Å². The molecule has 1 aromatic rings. The van der Waals surface area contributed by atoms with Crippen molar-refractivity contribution in [3.8, 4) is 0 Å². The Hall–Kier alpha value is -0.580. The highest BCUT2D eigenvalue weighted by atomic mass is 35.5. The van der Waals surface area contributed by atoms with E-state index < -0.39 is 0 Å². The maximum atomic E-state index is 6.12. The normalized spacial score (nSPS) is 11.3. The Morgan fingerprint density at radius 1 is 1.57 bits per heavy atom. The number of likely N-dealkylation sites (N-methyl/N-ethyl adjacent to an activating group) is 1. The smallest absolute Gasteiger partial charge is 0.0860 e. The second-order valence-electron chi connectivity index (χ2n) is 3.50. The Morgan fingerprint density at radius 3 is 2.64 bits per heavy atom. The zero-order valence-corrected chi connectivity index (χ0v) is 9.67. The van der Waals surface area contributed by atoms with E-state index >= 15 is 0 Å². The molecular formula is C9H17ClN4. The highest BCUT2D eigenvalue weighted by Gasteiger charge is 2.12. The van der Waals surface area contributed by atoms with Crippen LogP contribution in [0.2, 0.25) is 5.02 Å². The summed E-state index contributed by atoms with van der Waals surface area (Å²) < 4.78 is 1.82. The topological polar surface area (TPSA) is 47.1 Å². The Bertz CT molecular complexity index is 308. The van der Waals surface area contributed by atoms with Crippen molar-refractivity contribution in [2.24, 2.45) is 12.8 Å². The first kappa shape index (κ1) is 11.5. The largest absolute Gasteiger partial charge is 0.329 e. The third-order valence-electron chi connectivity index (χ3n) is 2.19. The molecule has 0 spiro atoms. The molecule has 0 saturated heterocycles. The van der Waals surface area contributed by atoms with Gasteiger partial charge in [-0.25, -0.2) is 0 Å². The van der Waals surface area contributed by atoms with E-state index in [0.29, 0.717) is 6.54 Å². The molecule has 1 heterocycles. The maximum absolute atomic E-state index is 6.12. The van der Waals surface area contributed by atoms with Gasteiger partial charge in [0.2, 0.25) is 0 Å². The summed E-state index contributed by atoms with van der Waals surface area (Å²) in [6.07, 6.45) is 0. The molecule has 0 radical (unpaired) electrons. The molecule has 0 unspecified atom stereocenters. The van der Waals surface area contributed by atoms with Crippen LogP contribution in [0.3, 0.4) is 0 Å². The fourth-order valence-electron chi connectivity index (χ4n) is 1.41. The first-order valence-corrected chi connectivity index (χ1v) is 5.00. The highest BCUT2D eigenvalue weighted by Crippen LogP contribution is 2.20. The van der Waals surface area contributed by atoms with Crippen LogP contribution in [0.1, 0.15) is 11.4 Å². The summed E-state index contributed by atoms with van der Waals surface area (Å²) in [6, 6.07) is 0.